The molecule has 0 unspecified atom stereocenters. The Bertz CT molecular complexity index is 690. The van der Waals surface area contributed by atoms with Crippen LogP contribution in [0.5, 0.6) is 0 Å². The van der Waals surface area contributed by atoms with Crippen LogP contribution in [0.3, 0.4) is 0 Å². The van der Waals surface area contributed by atoms with Gasteiger partial charge in [-0.3, -0.25) is 0 Å². The Morgan fingerprint density at radius 1 is 0.900 bits per heavy atom. The fourth-order valence-electron chi connectivity index (χ4n) is 1.72. The van der Waals surface area contributed by atoms with Crippen LogP contribution in [0, 0.1) is 10.9 Å². The zero-order valence-corrected chi connectivity index (χ0v) is 10.5. The van der Waals surface area contributed by atoms with Gasteiger partial charge in [-0.05, 0) is 12.2 Å². The highest BCUT2D eigenvalue weighted by Gasteiger charge is 2.09. The molecule has 0 spiro atoms. The summed E-state index contributed by atoms with van der Waals surface area (Å²) in [6.07, 6.45) is 18.3. The molecular weight excluding hydrogens is 252 g/mol. The van der Waals surface area contributed by atoms with Crippen LogP contribution in [0.2, 0.25) is 0 Å². The molecule has 20 heavy (non-hydrogen) atoms. The number of rotatable bonds is 2. The molecule has 6 heteroatoms. The number of allylic oxidation sites excluding steroid dienone is 12. The maximum absolute atomic E-state index is 8.53. The number of hydrogen-bond donors (Lipinski definition) is 1. The van der Waals surface area contributed by atoms with Crippen LogP contribution in [0.25, 0.3) is 5.08 Å². The fraction of sp³-hybridized carbons (Fsp3) is 0. The van der Waals surface area contributed by atoms with E-state index in [0.717, 1.165) is 11.1 Å². The standard InChI is InChI=1S/C14H11N6/c15-19-17-13-7-3-1-5-11(13)9-10-12-6-2-4-8-14(12)18-20-16/h1-10,15H/q+1. The largest absolute Gasteiger partial charge is 0.339 e. The van der Waals surface area contributed by atoms with Crippen LogP contribution < -0.4 is 0 Å². The molecule has 0 aromatic carbocycles. The van der Waals surface area contributed by atoms with Crippen molar-refractivity contribution in [2.75, 3.05) is 0 Å². The Hall–Kier alpha value is -3.20. The SMILES string of the molecule is N#[N+]N=C1C=CC=CC1=CC=C1C=CC=CC1=NN=N. The molecule has 0 aromatic heterocycles. The van der Waals surface area contributed by atoms with E-state index in [1.165, 1.54) is 0 Å². The molecule has 2 aliphatic carbocycles. The van der Waals surface area contributed by atoms with E-state index in [2.05, 4.69) is 20.5 Å². The Morgan fingerprint density at radius 3 is 2.05 bits per heavy atom. The molecule has 0 aliphatic heterocycles. The topological polar surface area (TPSA) is 89.1 Å². The van der Waals surface area contributed by atoms with E-state index in [-0.39, 0.29) is 0 Å². The lowest BCUT2D eigenvalue weighted by molar-refractivity contribution is 0.991. The third-order valence-electron chi connectivity index (χ3n) is 2.63. The summed E-state index contributed by atoms with van der Waals surface area (Å²) < 4.78 is 0. The van der Waals surface area contributed by atoms with Crippen LogP contribution in [-0.4, -0.2) is 11.4 Å². The monoisotopic (exact) mass is 263 g/mol. The number of hydrogen-bond acceptors (Lipinski definition) is 4. The molecule has 0 saturated heterocycles. The zero-order chi connectivity index (χ0) is 14.2. The second kappa shape index (κ2) is 6.66. The molecule has 0 fully saturated rings. The van der Waals surface area contributed by atoms with Crippen molar-refractivity contribution in [3.05, 3.63) is 77.0 Å². The van der Waals surface area contributed by atoms with E-state index in [0.29, 0.717) is 11.4 Å². The molecule has 2 aliphatic rings. The molecule has 0 heterocycles. The second-order valence-electron chi connectivity index (χ2n) is 3.84. The molecule has 0 atom stereocenters. The highest BCUT2D eigenvalue weighted by atomic mass is 15.3. The molecule has 0 radical (unpaired) electrons. The van der Waals surface area contributed by atoms with Gasteiger partial charge in [-0.2, -0.15) is 5.53 Å². The van der Waals surface area contributed by atoms with Gasteiger partial charge in [-0.15, -0.1) is 5.10 Å². The quantitative estimate of drug-likeness (QED) is 0.459. The predicted octanol–water partition coefficient (Wildman–Crippen LogP) is 3.69. The van der Waals surface area contributed by atoms with Gasteiger partial charge in [0, 0.05) is 11.1 Å². The molecule has 0 aromatic rings. The van der Waals surface area contributed by atoms with Crippen LogP contribution in [0.15, 0.2) is 87.3 Å². The normalized spacial score (nSPS) is 24.8. The smallest absolute Gasteiger partial charge is 0.185 e. The number of nitrogens with one attached hydrogen (secondary N) is 1. The van der Waals surface area contributed by atoms with Gasteiger partial charge in [0.1, 0.15) is 0 Å². The molecule has 2 rings (SSSR count). The summed E-state index contributed by atoms with van der Waals surface area (Å²) in [6.45, 7) is 0. The molecule has 0 saturated carbocycles. The first-order chi connectivity index (χ1) is 9.85. The van der Waals surface area contributed by atoms with Gasteiger partial charge in [-0.25, -0.2) is 0 Å². The van der Waals surface area contributed by atoms with Crippen LogP contribution in [-0.2, 0) is 0 Å². The summed E-state index contributed by atoms with van der Waals surface area (Å²) in [6, 6.07) is 0. The molecule has 0 bridgehead atoms. The lowest BCUT2D eigenvalue weighted by atomic mass is 10.0. The maximum Gasteiger partial charge on any atom is 0.339 e. The van der Waals surface area contributed by atoms with Gasteiger partial charge in [0.25, 0.3) is 5.39 Å². The first-order valence-corrected chi connectivity index (χ1v) is 5.84. The van der Waals surface area contributed by atoms with E-state index >= 15 is 0 Å². The van der Waals surface area contributed by atoms with E-state index in [4.69, 9.17) is 10.9 Å². The number of nitrogens with zero attached hydrogens (tertiary/aromatic N) is 5. The second-order valence-corrected chi connectivity index (χ2v) is 3.84. The Kier molecular flexibility index (Phi) is 4.41. The van der Waals surface area contributed by atoms with E-state index in [9.17, 15) is 0 Å². The van der Waals surface area contributed by atoms with Crippen molar-refractivity contribution >= 4 is 11.4 Å². The van der Waals surface area contributed by atoms with Gasteiger partial charge in [0.2, 0.25) is 0 Å². The van der Waals surface area contributed by atoms with Gasteiger partial charge < -0.3 is 0 Å². The van der Waals surface area contributed by atoms with Crippen LogP contribution >= 0.6 is 0 Å². The minimum atomic E-state index is 0.561. The Labute approximate surface area is 115 Å². The van der Waals surface area contributed by atoms with Gasteiger partial charge in [-0.1, -0.05) is 53.8 Å². The fourth-order valence-corrected chi connectivity index (χ4v) is 1.72. The summed E-state index contributed by atoms with van der Waals surface area (Å²) in [5.74, 6) is 0. The minimum absolute atomic E-state index is 0.561. The predicted molar refractivity (Wildman–Crippen MR) is 77.8 cm³/mol. The van der Waals surface area contributed by atoms with E-state index in [1.807, 2.05) is 48.6 Å². The van der Waals surface area contributed by atoms with E-state index < -0.39 is 0 Å². The maximum atomic E-state index is 8.53. The summed E-state index contributed by atoms with van der Waals surface area (Å²) in [5.41, 5.74) is 9.61. The number of diazo groups is 1. The molecule has 6 nitrogen and oxygen atoms in total. The first-order valence-electron chi connectivity index (χ1n) is 5.84. The van der Waals surface area contributed by atoms with Gasteiger partial charge >= 0.3 is 5.08 Å². The van der Waals surface area contributed by atoms with Crippen LogP contribution in [0.1, 0.15) is 0 Å². The summed E-state index contributed by atoms with van der Waals surface area (Å²) in [7, 11) is 0. The van der Waals surface area contributed by atoms with Crippen molar-refractivity contribution in [1.82, 2.24) is 0 Å². The third-order valence-corrected chi connectivity index (χ3v) is 2.63. The van der Waals surface area contributed by atoms with Crippen molar-refractivity contribution in [3.63, 3.8) is 0 Å². The zero-order valence-electron chi connectivity index (χ0n) is 10.5. The summed E-state index contributed by atoms with van der Waals surface area (Å²) in [5, 5.41) is 21.7. The molecular formula is C14H11N6+. The Morgan fingerprint density at radius 2 is 1.45 bits per heavy atom. The average Bonchev–Trinajstić information content (AvgIpc) is 2.48. The van der Waals surface area contributed by atoms with Crippen molar-refractivity contribution in [1.29, 1.82) is 10.9 Å². The van der Waals surface area contributed by atoms with Gasteiger partial charge in [0.05, 0.1) is 5.71 Å². The van der Waals surface area contributed by atoms with Crippen molar-refractivity contribution < 1.29 is 0 Å². The molecule has 0 amide bonds. The third kappa shape index (κ3) is 3.17. The highest BCUT2D eigenvalue weighted by molar-refractivity contribution is 6.13. The first kappa shape index (κ1) is 13.2. The van der Waals surface area contributed by atoms with Crippen molar-refractivity contribution in [3.8, 4) is 0 Å². The molecule has 1 N–H and O–H groups in total. The van der Waals surface area contributed by atoms with Crippen LogP contribution in [0.4, 0.5) is 0 Å². The summed E-state index contributed by atoms with van der Waals surface area (Å²) in [4.78, 5) is 0. The van der Waals surface area contributed by atoms with Gasteiger partial charge in [0.15, 0.2) is 10.8 Å². The van der Waals surface area contributed by atoms with E-state index in [1.54, 1.807) is 12.2 Å². The Balaban J connectivity index is 2.33. The minimum Gasteiger partial charge on any atom is -0.185 e. The highest BCUT2D eigenvalue weighted by Crippen LogP contribution is 2.13. The average molecular weight is 263 g/mol. The summed E-state index contributed by atoms with van der Waals surface area (Å²) >= 11 is 0. The van der Waals surface area contributed by atoms with Crippen molar-refractivity contribution in [2.45, 2.75) is 0 Å². The van der Waals surface area contributed by atoms with Crippen molar-refractivity contribution in [2.24, 2.45) is 15.4 Å². The molecule has 96 valence electrons. The lowest BCUT2D eigenvalue weighted by Crippen LogP contribution is -2.01. The lowest BCUT2D eigenvalue weighted by Gasteiger charge is -2.04.